The zero-order valence-corrected chi connectivity index (χ0v) is 21.2. The second kappa shape index (κ2) is 18.2. The van der Waals surface area contributed by atoms with Crippen LogP contribution in [0.15, 0.2) is 69.9 Å². The lowest BCUT2D eigenvalue weighted by Gasteiger charge is -2.02. The molecule has 0 bridgehead atoms. The summed E-state index contributed by atoms with van der Waals surface area (Å²) in [4.78, 5) is 0. The van der Waals surface area contributed by atoms with Gasteiger partial charge in [-0.05, 0) is 120 Å². The molecule has 0 nitrogen and oxygen atoms in total. The Kier molecular flexibility index (Phi) is 16.1. The molecule has 0 fully saturated rings. The monoisotopic (exact) mass is 411 g/mol. The summed E-state index contributed by atoms with van der Waals surface area (Å²) in [7, 11) is 0. The number of unbranched alkanes of at least 4 members (excludes halogenated alkanes) is 1. The number of allylic oxidation sites excluding steroid dienone is 12. The van der Waals surface area contributed by atoms with Crippen molar-refractivity contribution in [1.29, 1.82) is 0 Å². The van der Waals surface area contributed by atoms with Gasteiger partial charge in [-0.1, -0.05) is 69.9 Å². The topological polar surface area (TPSA) is 0 Å². The fourth-order valence-electron chi connectivity index (χ4n) is 3.29. The molecule has 0 saturated carbocycles. The van der Waals surface area contributed by atoms with Crippen molar-refractivity contribution < 1.29 is 1.37 Å². The van der Waals surface area contributed by atoms with Crippen LogP contribution in [0.3, 0.4) is 0 Å². The zero-order chi connectivity index (χ0) is 23.5. The van der Waals surface area contributed by atoms with E-state index in [1.165, 1.54) is 65.5 Å². The fourth-order valence-corrected chi connectivity index (χ4v) is 3.29. The third-order valence-corrected chi connectivity index (χ3v) is 5.34. The van der Waals surface area contributed by atoms with Crippen molar-refractivity contribution in [3.05, 3.63) is 69.9 Å². The van der Waals surface area contributed by atoms with Gasteiger partial charge < -0.3 is 0 Å². The van der Waals surface area contributed by atoms with Crippen LogP contribution in [0.4, 0.5) is 0 Å². The number of hydrogen-bond acceptors (Lipinski definition) is 0. The summed E-state index contributed by atoms with van der Waals surface area (Å²) in [5, 5.41) is 0. The Morgan fingerprint density at radius 3 is 1.07 bits per heavy atom. The average molecular weight is 412 g/mol. The Balaban J connectivity index is 4.07. The molecule has 0 N–H and O–H groups in total. The van der Waals surface area contributed by atoms with Crippen LogP contribution in [0.2, 0.25) is 0 Å². The van der Waals surface area contributed by atoms with Gasteiger partial charge >= 0.3 is 0 Å². The van der Waals surface area contributed by atoms with Crippen molar-refractivity contribution in [1.82, 2.24) is 0 Å². The Morgan fingerprint density at radius 2 is 0.733 bits per heavy atom. The maximum absolute atomic E-state index is 7.32. The Bertz CT molecular complexity index is 661. The smallest absolute Gasteiger partial charge is 0.0276 e. The molecule has 0 atom stereocenters. The highest BCUT2D eigenvalue weighted by Gasteiger charge is 1.94. The van der Waals surface area contributed by atoms with Crippen LogP contribution in [0, 0.1) is 0 Å². The normalized spacial score (nSPS) is 14.8. The minimum Gasteiger partial charge on any atom is -0.0856 e. The molecule has 0 radical (unpaired) electrons. The molecular formula is C30H50. The third-order valence-electron chi connectivity index (χ3n) is 5.34. The van der Waals surface area contributed by atoms with Gasteiger partial charge in [0.05, 0.1) is 0 Å². The first-order valence-electron chi connectivity index (χ1n) is 12.7. The molecule has 0 heteroatoms. The highest BCUT2D eigenvalue weighted by atomic mass is 14.0. The van der Waals surface area contributed by atoms with Crippen molar-refractivity contribution in [2.75, 3.05) is 0 Å². The highest BCUT2D eigenvalue weighted by molar-refractivity contribution is 5.08. The lowest BCUT2D eigenvalue weighted by molar-refractivity contribution is 0.896. The predicted molar refractivity (Wildman–Crippen MR) is 140 cm³/mol. The van der Waals surface area contributed by atoms with Gasteiger partial charge in [-0.25, -0.2) is 0 Å². The molecule has 0 amide bonds. The van der Waals surface area contributed by atoms with E-state index in [2.05, 4.69) is 78.0 Å². The molecule has 0 aliphatic heterocycles. The van der Waals surface area contributed by atoms with Crippen molar-refractivity contribution in [2.24, 2.45) is 0 Å². The molecule has 0 aliphatic carbocycles. The van der Waals surface area contributed by atoms with Crippen molar-refractivity contribution in [3.8, 4) is 0 Å². The maximum Gasteiger partial charge on any atom is 0.0276 e. The largest absolute Gasteiger partial charge is 0.0856 e. The van der Waals surface area contributed by atoms with E-state index in [0.29, 0.717) is 6.90 Å². The molecule has 0 aromatic heterocycles. The van der Waals surface area contributed by atoms with E-state index in [1.807, 2.05) is 6.92 Å². The standard InChI is InChI=1S/C30H50/c1-25(2)15-11-19-29(7)23-13-21-27(5)17-9-10-18-28(6)22-14-24-30(8)20-12-16-26(3)4/h15-18,23-24H,9-14,19-22H2,1-8H3/b27-17+,28-18+,29-23+,30-24+/i1D/b25-15?,27-17+,28-18+,29-23+,30-24+. The minimum absolute atomic E-state index is 0.426. The van der Waals surface area contributed by atoms with E-state index in [0.717, 1.165) is 32.1 Å². The van der Waals surface area contributed by atoms with Gasteiger partial charge in [-0.3, -0.25) is 0 Å². The molecule has 0 saturated heterocycles. The quantitative estimate of drug-likeness (QED) is 0.186. The van der Waals surface area contributed by atoms with Crippen LogP contribution in [-0.2, 0) is 0 Å². The Labute approximate surface area is 191 Å². The molecule has 0 rings (SSSR count). The van der Waals surface area contributed by atoms with Crippen molar-refractivity contribution >= 4 is 0 Å². The molecule has 0 spiro atoms. The minimum atomic E-state index is 0.426. The number of hydrogen-bond donors (Lipinski definition) is 0. The van der Waals surface area contributed by atoms with Crippen LogP contribution < -0.4 is 0 Å². The van der Waals surface area contributed by atoms with E-state index in [1.54, 1.807) is 0 Å². The first kappa shape index (κ1) is 26.5. The van der Waals surface area contributed by atoms with E-state index >= 15 is 0 Å². The van der Waals surface area contributed by atoms with E-state index in [9.17, 15) is 0 Å². The second-order valence-electron chi connectivity index (χ2n) is 9.27. The molecule has 0 aliphatic rings. The van der Waals surface area contributed by atoms with E-state index in [4.69, 9.17) is 1.37 Å². The van der Waals surface area contributed by atoms with Crippen LogP contribution in [-0.4, -0.2) is 0 Å². The van der Waals surface area contributed by atoms with Crippen LogP contribution in [0.25, 0.3) is 0 Å². The van der Waals surface area contributed by atoms with Gasteiger partial charge in [0, 0.05) is 1.37 Å². The molecule has 0 heterocycles. The summed E-state index contributed by atoms with van der Waals surface area (Å²) >= 11 is 0. The van der Waals surface area contributed by atoms with Crippen LogP contribution in [0.1, 0.15) is 121 Å². The van der Waals surface area contributed by atoms with E-state index < -0.39 is 0 Å². The summed E-state index contributed by atoms with van der Waals surface area (Å²) in [6, 6.07) is 0. The third kappa shape index (κ3) is 19.7. The first-order valence-corrected chi connectivity index (χ1v) is 11.9. The molecule has 30 heavy (non-hydrogen) atoms. The Hall–Kier alpha value is -1.56. The van der Waals surface area contributed by atoms with Crippen LogP contribution >= 0.6 is 0 Å². The van der Waals surface area contributed by atoms with Gasteiger partial charge in [0.25, 0.3) is 0 Å². The fraction of sp³-hybridized carbons (Fsp3) is 0.600. The van der Waals surface area contributed by atoms with Gasteiger partial charge in [0.1, 0.15) is 0 Å². The summed E-state index contributed by atoms with van der Waals surface area (Å²) in [5.41, 5.74) is 8.62. The van der Waals surface area contributed by atoms with Gasteiger partial charge in [0.15, 0.2) is 0 Å². The Morgan fingerprint density at radius 1 is 0.433 bits per heavy atom. The van der Waals surface area contributed by atoms with Gasteiger partial charge in [-0.2, -0.15) is 0 Å². The summed E-state index contributed by atoms with van der Waals surface area (Å²) < 4.78 is 7.32. The molecular weight excluding hydrogens is 360 g/mol. The SMILES string of the molecule is [2H]CC(C)=CCC/C(C)=C/CC/C(C)=C/CC/C=C(\C)CC/C=C(\C)CCC=C(C)C. The first-order chi connectivity index (χ1) is 14.7. The summed E-state index contributed by atoms with van der Waals surface area (Å²) in [6.07, 6.45) is 25.7. The summed E-state index contributed by atoms with van der Waals surface area (Å²) in [5.74, 6) is 0. The van der Waals surface area contributed by atoms with Crippen molar-refractivity contribution in [3.63, 3.8) is 0 Å². The lowest BCUT2D eigenvalue weighted by atomic mass is 10.0. The average Bonchev–Trinajstić information content (AvgIpc) is 2.70. The van der Waals surface area contributed by atoms with Gasteiger partial charge in [-0.15, -0.1) is 0 Å². The van der Waals surface area contributed by atoms with Gasteiger partial charge in [0.2, 0.25) is 0 Å². The zero-order valence-electron chi connectivity index (χ0n) is 22.2. The van der Waals surface area contributed by atoms with Crippen molar-refractivity contribution in [2.45, 2.75) is 120 Å². The van der Waals surface area contributed by atoms with Crippen LogP contribution in [0.5, 0.6) is 0 Å². The molecule has 0 aromatic carbocycles. The second-order valence-corrected chi connectivity index (χ2v) is 9.27. The molecule has 0 aromatic rings. The summed E-state index contributed by atoms with van der Waals surface area (Å²) in [6.45, 7) is 15.9. The lowest BCUT2D eigenvalue weighted by Crippen LogP contribution is -1.82. The maximum atomic E-state index is 7.32. The predicted octanol–water partition coefficient (Wildman–Crippen LogP) is 10.6. The number of rotatable bonds is 15. The van der Waals surface area contributed by atoms with E-state index in [-0.39, 0.29) is 0 Å². The molecule has 170 valence electrons. The highest BCUT2D eigenvalue weighted by Crippen LogP contribution is 2.14. The molecule has 0 unspecified atom stereocenters.